The smallest absolute Gasteiger partial charge is 0.00450 e. The van der Waals surface area contributed by atoms with E-state index < -0.39 is 10.9 Å². The molecule has 0 amide bonds. The van der Waals surface area contributed by atoms with Gasteiger partial charge in [0.15, 0.2) is 0 Å². The Morgan fingerprint density at radius 1 is 0.591 bits per heavy atom. The molecule has 0 spiro atoms. The van der Waals surface area contributed by atoms with Crippen LogP contribution in [0.1, 0.15) is 18.9 Å². The molecule has 3 aromatic rings. The highest BCUT2D eigenvalue weighted by Gasteiger charge is 2.11. The minimum absolute atomic E-state index is 0.468. The number of thiol groups is 1. The van der Waals surface area contributed by atoms with E-state index in [1.165, 1.54) is 26.7 Å². The molecule has 0 atom stereocenters. The third-order valence-corrected chi connectivity index (χ3v) is 6.21. The molecule has 0 N–H and O–H groups in total. The fourth-order valence-corrected chi connectivity index (χ4v) is 4.98. The lowest BCUT2D eigenvalue weighted by Crippen LogP contribution is -1.89. The molecule has 0 aliphatic heterocycles. The van der Waals surface area contributed by atoms with Gasteiger partial charge < -0.3 is 0 Å². The first-order valence-corrected chi connectivity index (χ1v) is 9.22. The molecule has 0 bridgehead atoms. The van der Waals surface area contributed by atoms with Gasteiger partial charge in [0, 0.05) is 0 Å². The summed E-state index contributed by atoms with van der Waals surface area (Å²) >= 11 is 0. The van der Waals surface area contributed by atoms with E-state index >= 15 is 0 Å². The lowest BCUT2D eigenvalue weighted by molar-refractivity contribution is 0.920. The number of benzene rings is 3. The Morgan fingerprint density at radius 3 is 1.50 bits per heavy atom. The van der Waals surface area contributed by atoms with Crippen LogP contribution in [0.4, 0.5) is 0 Å². The summed E-state index contributed by atoms with van der Waals surface area (Å²) in [5.74, 6) is 0. The SMILES string of the molecule is CCCc1ccc([SH](c2ccccc2)c2ccccc2)cc1. The first-order chi connectivity index (χ1) is 10.9. The predicted octanol–water partition coefficient (Wildman–Crippen LogP) is 6.12. The van der Waals surface area contributed by atoms with Gasteiger partial charge in [0.25, 0.3) is 0 Å². The summed E-state index contributed by atoms with van der Waals surface area (Å²) in [4.78, 5) is 4.24. The zero-order chi connectivity index (χ0) is 15.2. The highest BCUT2D eigenvalue weighted by atomic mass is 32.2. The fourth-order valence-electron chi connectivity index (χ4n) is 2.70. The van der Waals surface area contributed by atoms with Gasteiger partial charge in [-0.1, -0.05) is 61.9 Å². The predicted molar refractivity (Wildman–Crippen MR) is 97.1 cm³/mol. The maximum Gasteiger partial charge on any atom is -0.00450 e. The van der Waals surface area contributed by atoms with Crippen LogP contribution in [-0.2, 0) is 6.42 Å². The Labute approximate surface area is 136 Å². The minimum atomic E-state index is -0.468. The molecule has 0 nitrogen and oxygen atoms in total. The normalized spacial score (nSPS) is 11.2. The summed E-state index contributed by atoms with van der Waals surface area (Å²) in [7, 11) is -0.468. The average molecular weight is 306 g/mol. The molecule has 1 heteroatoms. The maximum absolute atomic E-state index is 2.32. The Balaban J connectivity index is 2.02. The van der Waals surface area contributed by atoms with Crippen molar-refractivity contribution >= 4 is 10.9 Å². The van der Waals surface area contributed by atoms with E-state index in [4.69, 9.17) is 0 Å². The van der Waals surface area contributed by atoms with Gasteiger partial charge in [-0.3, -0.25) is 0 Å². The van der Waals surface area contributed by atoms with Gasteiger partial charge in [-0.15, -0.1) is 0 Å². The Kier molecular flexibility index (Phi) is 4.97. The largest absolute Gasteiger partial charge is 0.173 e. The molecular formula is C21H22S. The standard InChI is InChI=1S/C21H22S/c1-2-9-18-14-16-21(17-15-18)22(19-10-5-3-6-11-19)20-12-7-4-8-13-20/h3-8,10-17,22H,2,9H2,1H3. The lowest BCUT2D eigenvalue weighted by atomic mass is 10.1. The minimum Gasteiger partial charge on any atom is -0.173 e. The zero-order valence-corrected chi connectivity index (χ0v) is 13.8. The van der Waals surface area contributed by atoms with Gasteiger partial charge >= 0.3 is 0 Å². The van der Waals surface area contributed by atoms with Crippen molar-refractivity contribution in [2.75, 3.05) is 0 Å². The molecule has 0 aromatic heterocycles. The van der Waals surface area contributed by atoms with Gasteiger partial charge in [0.2, 0.25) is 0 Å². The van der Waals surface area contributed by atoms with E-state index in [1.807, 2.05) is 0 Å². The summed E-state index contributed by atoms with van der Waals surface area (Å²) in [6.07, 6.45) is 2.36. The summed E-state index contributed by atoms with van der Waals surface area (Å²) in [5.41, 5.74) is 1.43. The van der Waals surface area contributed by atoms with Crippen LogP contribution >= 0.6 is 10.9 Å². The van der Waals surface area contributed by atoms with Crippen LogP contribution in [0.25, 0.3) is 0 Å². The van der Waals surface area contributed by atoms with Crippen LogP contribution in [-0.4, -0.2) is 0 Å². The van der Waals surface area contributed by atoms with Gasteiger partial charge in [-0.25, -0.2) is 0 Å². The molecule has 22 heavy (non-hydrogen) atoms. The number of hydrogen-bond donors (Lipinski definition) is 1. The summed E-state index contributed by atoms with van der Waals surface area (Å²) in [6.45, 7) is 2.23. The van der Waals surface area contributed by atoms with E-state index in [0.29, 0.717) is 0 Å². The summed E-state index contributed by atoms with van der Waals surface area (Å²) in [5, 5.41) is 0. The number of hydrogen-bond acceptors (Lipinski definition) is 0. The molecule has 0 saturated carbocycles. The number of aryl methyl sites for hydroxylation is 1. The van der Waals surface area contributed by atoms with E-state index in [-0.39, 0.29) is 0 Å². The van der Waals surface area contributed by atoms with Gasteiger partial charge in [-0.05, 0) is 63.1 Å². The van der Waals surface area contributed by atoms with Gasteiger partial charge in [0.1, 0.15) is 0 Å². The summed E-state index contributed by atoms with van der Waals surface area (Å²) < 4.78 is 0. The molecule has 0 unspecified atom stereocenters. The van der Waals surface area contributed by atoms with Crippen molar-refractivity contribution < 1.29 is 0 Å². The highest BCUT2D eigenvalue weighted by Crippen LogP contribution is 2.50. The monoisotopic (exact) mass is 306 g/mol. The van der Waals surface area contributed by atoms with Crippen molar-refractivity contribution in [1.29, 1.82) is 0 Å². The summed E-state index contributed by atoms with van der Waals surface area (Å²) in [6, 6.07) is 30.9. The Hall–Kier alpha value is -1.99. The van der Waals surface area contributed by atoms with Crippen molar-refractivity contribution in [1.82, 2.24) is 0 Å². The van der Waals surface area contributed by atoms with Crippen molar-refractivity contribution in [3.05, 3.63) is 90.5 Å². The van der Waals surface area contributed by atoms with Crippen molar-refractivity contribution in [2.45, 2.75) is 34.5 Å². The van der Waals surface area contributed by atoms with Gasteiger partial charge in [0.05, 0.1) is 0 Å². The average Bonchev–Trinajstić information content (AvgIpc) is 2.59. The lowest BCUT2D eigenvalue weighted by Gasteiger charge is -2.23. The molecule has 0 fully saturated rings. The van der Waals surface area contributed by atoms with Crippen LogP contribution < -0.4 is 0 Å². The molecule has 0 aliphatic rings. The molecule has 0 heterocycles. The van der Waals surface area contributed by atoms with E-state index in [1.54, 1.807) is 0 Å². The quantitative estimate of drug-likeness (QED) is 0.540. The van der Waals surface area contributed by atoms with Crippen molar-refractivity contribution in [3.63, 3.8) is 0 Å². The number of rotatable bonds is 5. The molecule has 3 rings (SSSR count). The van der Waals surface area contributed by atoms with Crippen LogP contribution in [0.5, 0.6) is 0 Å². The molecule has 0 aliphatic carbocycles. The van der Waals surface area contributed by atoms with Gasteiger partial charge in [-0.2, -0.15) is 10.9 Å². The molecule has 0 saturated heterocycles. The third kappa shape index (κ3) is 3.42. The van der Waals surface area contributed by atoms with Crippen LogP contribution in [0.3, 0.4) is 0 Å². The van der Waals surface area contributed by atoms with E-state index in [9.17, 15) is 0 Å². The molecule has 0 radical (unpaired) electrons. The second-order valence-electron chi connectivity index (χ2n) is 5.42. The molecule has 3 aromatic carbocycles. The molecule has 112 valence electrons. The first-order valence-electron chi connectivity index (χ1n) is 7.87. The van der Waals surface area contributed by atoms with Crippen LogP contribution in [0.15, 0.2) is 99.6 Å². The van der Waals surface area contributed by atoms with Crippen LogP contribution in [0, 0.1) is 0 Å². The second kappa shape index (κ2) is 7.33. The molecular weight excluding hydrogens is 284 g/mol. The van der Waals surface area contributed by atoms with E-state index in [0.717, 1.165) is 6.42 Å². The Morgan fingerprint density at radius 2 is 1.05 bits per heavy atom. The zero-order valence-electron chi connectivity index (χ0n) is 12.9. The Bertz CT molecular complexity index is 647. The maximum atomic E-state index is 2.32. The topological polar surface area (TPSA) is 0 Å². The first kappa shape index (κ1) is 14.9. The van der Waals surface area contributed by atoms with Crippen molar-refractivity contribution in [3.8, 4) is 0 Å². The van der Waals surface area contributed by atoms with Crippen LogP contribution in [0.2, 0.25) is 0 Å². The highest BCUT2D eigenvalue weighted by molar-refractivity contribution is 8.17. The fraction of sp³-hybridized carbons (Fsp3) is 0.143. The second-order valence-corrected chi connectivity index (χ2v) is 7.64. The van der Waals surface area contributed by atoms with E-state index in [2.05, 4.69) is 91.9 Å². The third-order valence-electron chi connectivity index (χ3n) is 3.76. The van der Waals surface area contributed by atoms with Crippen molar-refractivity contribution in [2.24, 2.45) is 0 Å².